The SMILES string of the molecule is N#Cc1cccc(CN2CC3CNCCN3C2=O)c1. The maximum Gasteiger partial charge on any atom is 0.320 e. The van der Waals surface area contributed by atoms with E-state index in [4.69, 9.17) is 5.26 Å². The molecule has 0 aliphatic carbocycles. The van der Waals surface area contributed by atoms with Crippen molar-refractivity contribution < 1.29 is 4.79 Å². The van der Waals surface area contributed by atoms with Crippen LogP contribution in [-0.4, -0.2) is 48.1 Å². The van der Waals surface area contributed by atoms with Gasteiger partial charge >= 0.3 is 6.03 Å². The highest BCUT2D eigenvalue weighted by Crippen LogP contribution is 2.20. The Labute approximate surface area is 112 Å². The summed E-state index contributed by atoms with van der Waals surface area (Å²) < 4.78 is 0. The lowest BCUT2D eigenvalue weighted by Gasteiger charge is -2.28. The van der Waals surface area contributed by atoms with E-state index in [1.54, 1.807) is 6.07 Å². The number of nitriles is 1. The summed E-state index contributed by atoms with van der Waals surface area (Å²) in [6, 6.07) is 10.00. The van der Waals surface area contributed by atoms with Gasteiger partial charge in [-0.15, -0.1) is 0 Å². The van der Waals surface area contributed by atoms with Crippen molar-refractivity contribution in [3.8, 4) is 6.07 Å². The number of piperazine rings is 1. The molecule has 2 heterocycles. The fourth-order valence-electron chi connectivity index (χ4n) is 2.78. The molecule has 0 aromatic heterocycles. The summed E-state index contributed by atoms with van der Waals surface area (Å²) in [6.45, 7) is 3.89. The van der Waals surface area contributed by atoms with E-state index in [0.29, 0.717) is 18.2 Å². The topological polar surface area (TPSA) is 59.4 Å². The quantitative estimate of drug-likeness (QED) is 0.850. The average Bonchev–Trinajstić information content (AvgIpc) is 2.76. The zero-order valence-electron chi connectivity index (χ0n) is 10.7. The predicted molar refractivity (Wildman–Crippen MR) is 70.3 cm³/mol. The van der Waals surface area contributed by atoms with Gasteiger partial charge < -0.3 is 15.1 Å². The van der Waals surface area contributed by atoms with Crippen molar-refractivity contribution >= 4 is 6.03 Å². The van der Waals surface area contributed by atoms with Crippen LogP contribution in [0.15, 0.2) is 24.3 Å². The van der Waals surface area contributed by atoms with Crippen LogP contribution in [0, 0.1) is 11.3 Å². The summed E-state index contributed by atoms with van der Waals surface area (Å²) >= 11 is 0. The Kier molecular flexibility index (Phi) is 3.10. The third-order valence-corrected chi connectivity index (χ3v) is 3.73. The van der Waals surface area contributed by atoms with E-state index >= 15 is 0 Å². The largest absolute Gasteiger partial charge is 0.320 e. The maximum atomic E-state index is 12.3. The summed E-state index contributed by atoms with van der Waals surface area (Å²) in [4.78, 5) is 16.1. The standard InChI is InChI=1S/C14H16N4O/c15-7-11-2-1-3-12(6-11)9-17-10-13-8-16-4-5-18(13)14(17)19/h1-3,6,13,16H,4-5,8-10H2. The lowest BCUT2D eigenvalue weighted by molar-refractivity contribution is 0.178. The molecule has 2 aliphatic heterocycles. The van der Waals surface area contributed by atoms with Gasteiger partial charge in [0.1, 0.15) is 0 Å². The van der Waals surface area contributed by atoms with Crippen molar-refractivity contribution in [1.82, 2.24) is 15.1 Å². The van der Waals surface area contributed by atoms with E-state index in [1.165, 1.54) is 0 Å². The summed E-state index contributed by atoms with van der Waals surface area (Å²) in [5.74, 6) is 0. The van der Waals surface area contributed by atoms with E-state index in [-0.39, 0.29) is 6.03 Å². The van der Waals surface area contributed by atoms with Gasteiger partial charge in [-0.2, -0.15) is 5.26 Å². The minimum Gasteiger partial charge on any atom is -0.318 e. The van der Waals surface area contributed by atoms with Gasteiger partial charge in [0.05, 0.1) is 17.7 Å². The Morgan fingerprint density at radius 1 is 1.47 bits per heavy atom. The van der Waals surface area contributed by atoms with Gasteiger partial charge in [0.25, 0.3) is 0 Å². The molecular weight excluding hydrogens is 240 g/mol. The van der Waals surface area contributed by atoms with Crippen LogP contribution >= 0.6 is 0 Å². The summed E-state index contributed by atoms with van der Waals surface area (Å²) in [5, 5.41) is 12.2. The second-order valence-electron chi connectivity index (χ2n) is 5.03. The average molecular weight is 256 g/mol. The van der Waals surface area contributed by atoms with E-state index < -0.39 is 0 Å². The van der Waals surface area contributed by atoms with Gasteiger partial charge in [-0.05, 0) is 17.7 Å². The molecule has 2 aliphatic rings. The smallest absolute Gasteiger partial charge is 0.318 e. The fraction of sp³-hybridized carbons (Fsp3) is 0.429. The zero-order valence-corrected chi connectivity index (χ0v) is 10.7. The van der Waals surface area contributed by atoms with Gasteiger partial charge in [-0.1, -0.05) is 12.1 Å². The van der Waals surface area contributed by atoms with E-state index in [1.807, 2.05) is 28.0 Å². The van der Waals surface area contributed by atoms with Crippen LogP contribution in [0.2, 0.25) is 0 Å². The van der Waals surface area contributed by atoms with E-state index in [9.17, 15) is 4.79 Å². The molecule has 0 radical (unpaired) electrons. The van der Waals surface area contributed by atoms with Gasteiger partial charge in [-0.25, -0.2) is 4.79 Å². The molecule has 2 saturated heterocycles. The van der Waals surface area contributed by atoms with Crippen LogP contribution < -0.4 is 5.32 Å². The third-order valence-electron chi connectivity index (χ3n) is 3.73. The van der Waals surface area contributed by atoms with Gasteiger partial charge in [0.15, 0.2) is 0 Å². The molecule has 1 N–H and O–H groups in total. The Morgan fingerprint density at radius 2 is 2.37 bits per heavy atom. The van der Waals surface area contributed by atoms with Crippen molar-refractivity contribution in [2.45, 2.75) is 12.6 Å². The minimum absolute atomic E-state index is 0.119. The monoisotopic (exact) mass is 256 g/mol. The molecule has 0 bridgehead atoms. The number of fused-ring (bicyclic) bond motifs is 1. The van der Waals surface area contributed by atoms with Crippen molar-refractivity contribution in [1.29, 1.82) is 5.26 Å². The second kappa shape index (κ2) is 4.90. The maximum absolute atomic E-state index is 12.3. The number of carbonyl (C=O) groups excluding carboxylic acids is 1. The Morgan fingerprint density at radius 3 is 3.16 bits per heavy atom. The number of nitrogens with one attached hydrogen (secondary N) is 1. The van der Waals surface area contributed by atoms with Crippen molar-refractivity contribution in [2.24, 2.45) is 0 Å². The van der Waals surface area contributed by atoms with E-state index in [2.05, 4.69) is 11.4 Å². The first kappa shape index (κ1) is 12.0. The van der Waals surface area contributed by atoms with Gasteiger partial charge in [0.2, 0.25) is 0 Å². The van der Waals surface area contributed by atoms with Crippen molar-refractivity contribution in [3.63, 3.8) is 0 Å². The van der Waals surface area contributed by atoms with Crippen LogP contribution in [0.25, 0.3) is 0 Å². The zero-order chi connectivity index (χ0) is 13.2. The molecule has 2 fully saturated rings. The number of nitrogens with zero attached hydrogens (tertiary/aromatic N) is 3. The number of hydrogen-bond acceptors (Lipinski definition) is 3. The highest BCUT2D eigenvalue weighted by atomic mass is 16.2. The third kappa shape index (κ3) is 2.27. The van der Waals surface area contributed by atoms with Crippen molar-refractivity contribution in [2.75, 3.05) is 26.2 Å². The van der Waals surface area contributed by atoms with Crippen LogP contribution in [-0.2, 0) is 6.54 Å². The molecule has 3 rings (SSSR count). The van der Waals surface area contributed by atoms with Crippen LogP contribution in [0.4, 0.5) is 4.79 Å². The highest BCUT2D eigenvalue weighted by molar-refractivity contribution is 5.77. The Hall–Kier alpha value is -2.06. The van der Waals surface area contributed by atoms with Crippen LogP contribution in [0.5, 0.6) is 0 Å². The number of amides is 2. The molecule has 98 valence electrons. The van der Waals surface area contributed by atoms with Crippen LogP contribution in [0.1, 0.15) is 11.1 Å². The van der Waals surface area contributed by atoms with Gasteiger partial charge in [0, 0.05) is 32.7 Å². The highest BCUT2D eigenvalue weighted by Gasteiger charge is 2.38. The fourth-order valence-corrected chi connectivity index (χ4v) is 2.78. The molecular formula is C14H16N4O. The summed E-state index contributed by atoms with van der Waals surface area (Å²) in [7, 11) is 0. The number of urea groups is 1. The van der Waals surface area contributed by atoms with E-state index in [0.717, 1.165) is 31.7 Å². The molecule has 1 aromatic carbocycles. The molecule has 1 aromatic rings. The first-order chi connectivity index (χ1) is 9.28. The molecule has 5 nitrogen and oxygen atoms in total. The van der Waals surface area contributed by atoms with Crippen LogP contribution in [0.3, 0.4) is 0 Å². The number of carbonyl (C=O) groups is 1. The second-order valence-corrected chi connectivity index (χ2v) is 5.03. The lowest BCUT2D eigenvalue weighted by atomic mass is 10.1. The molecule has 1 unspecified atom stereocenters. The van der Waals surface area contributed by atoms with Gasteiger partial charge in [-0.3, -0.25) is 0 Å². The first-order valence-corrected chi connectivity index (χ1v) is 6.53. The van der Waals surface area contributed by atoms with Crippen molar-refractivity contribution in [3.05, 3.63) is 35.4 Å². The molecule has 19 heavy (non-hydrogen) atoms. The molecule has 5 heteroatoms. The number of hydrogen-bond donors (Lipinski definition) is 1. The first-order valence-electron chi connectivity index (χ1n) is 6.53. The Bertz CT molecular complexity index is 536. The number of rotatable bonds is 2. The molecule has 2 amide bonds. The predicted octanol–water partition coefficient (Wildman–Crippen LogP) is 0.768. The molecule has 0 saturated carbocycles. The normalized spacial score (nSPS) is 22.3. The number of benzene rings is 1. The summed E-state index contributed by atoms with van der Waals surface area (Å²) in [6.07, 6.45) is 0. The molecule has 0 spiro atoms. The minimum atomic E-state index is 0.119. The Balaban J connectivity index is 1.73. The lowest BCUT2D eigenvalue weighted by Crippen LogP contribution is -2.49. The molecule has 1 atom stereocenters. The summed E-state index contributed by atoms with van der Waals surface area (Å²) in [5.41, 5.74) is 1.66.